The van der Waals surface area contributed by atoms with Crippen molar-refractivity contribution < 1.29 is 4.79 Å². The van der Waals surface area contributed by atoms with Crippen LogP contribution in [0, 0.1) is 0 Å². The molecule has 0 unspecified atom stereocenters. The summed E-state index contributed by atoms with van der Waals surface area (Å²) in [6, 6.07) is 0.553. The third-order valence-corrected chi connectivity index (χ3v) is 3.85. The van der Waals surface area contributed by atoms with Gasteiger partial charge in [0, 0.05) is 6.04 Å². The van der Waals surface area contributed by atoms with Gasteiger partial charge in [-0.25, -0.2) is 9.97 Å². The van der Waals surface area contributed by atoms with E-state index in [-0.39, 0.29) is 11.9 Å². The van der Waals surface area contributed by atoms with Gasteiger partial charge in [0.05, 0.1) is 23.5 Å². The van der Waals surface area contributed by atoms with E-state index in [1.54, 1.807) is 12.4 Å². The van der Waals surface area contributed by atoms with Crippen molar-refractivity contribution in [1.82, 2.24) is 15.3 Å². The van der Waals surface area contributed by atoms with E-state index in [1.165, 1.54) is 12.8 Å². The minimum Gasteiger partial charge on any atom is -0.350 e. The van der Waals surface area contributed by atoms with E-state index >= 15 is 0 Å². The number of aromatic nitrogens is 2. The third kappa shape index (κ3) is 2.14. The van der Waals surface area contributed by atoms with Crippen molar-refractivity contribution in [2.75, 3.05) is 11.4 Å². The van der Waals surface area contributed by atoms with E-state index in [1.807, 2.05) is 4.90 Å². The minimum atomic E-state index is 0.0525. The Labute approximate surface area is 111 Å². The van der Waals surface area contributed by atoms with Crippen molar-refractivity contribution in [3.05, 3.63) is 17.4 Å². The predicted octanol–water partition coefficient (Wildman–Crippen LogP) is 1.38. The molecule has 96 valence electrons. The number of fused-ring (bicyclic) bond motifs is 1. The quantitative estimate of drug-likeness (QED) is 0.834. The van der Waals surface area contributed by atoms with Gasteiger partial charge in [0.15, 0.2) is 0 Å². The molecule has 6 heteroatoms. The molecular formula is C12H15ClN4O. The zero-order valence-corrected chi connectivity index (χ0v) is 10.7. The van der Waals surface area contributed by atoms with Crippen molar-refractivity contribution >= 4 is 23.5 Å². The van der Waals surface area contributed by atoms with Gasteiger partial charge in [-0.1, -0.05) is 24.4 Å². The van der Waals surface area contributed by atoms with Crippen LogP contribution in [0.15, 0.2) is 12.4 Å². The molecule has 2 heterocycles. The molecule has 1 aromatic heterocycles. The number of amides is 1. The van der Waals surface area contributed by atoms with Gasteiger partial charge >= 0.3 is 0 Å². The summed E-state index contributed by atoms with van der Waals surface area (Å²) in [4.78, 5) is 22.2. The van der Waals surface area contributed by atoms with E-state index in [9.17, 15) is 4.79 Å². The third-order valence-electron chi connectivity index (χ3n) is 3.65. The zero-order chi connectivity index (χ0) is 12.5. The van der Waals surface area contributed by atoms with Gasteiger partial charge in [0.2, 0.25) is 11.9 Å². The molecule has 1 aliphatic heterocycles. The Hall–Kier alpha value is -1.36. The van der Waals surface area contributed by atoms with E-state index in [4.69, 9.17) is 11.6 Å². The Morgan fingerprint density at radius 2 is 2.00 bits per heavy atom. The lowest BCUT2D eigenvalue weighted by molar-refractivity contribution is -0.122. The Bertz CT molecular complexity index is 450. The van der Waals surface area contributed by atoms with Gasteiger partial charge < -0.3 is 10.2 Å². The smallest absolute Gasteiger partial charge is 0.239 e. The maximum atomic E-state index is 11.7. The molecule has 2 fully saturated rings. The molecule has 0 aromatic carbocycles. The van der Waals surface area contributed by atoms with E-state index in [0.29, 0.717) is 23.6 Å². The molecule has 2 atom stereocenters. The predicted molar refractivity (Wildman–Crippen MR) is 68.6 cm³/mol. The first-order chi connectivity index (χ1) is 8.74. The van der Waals surface area contributed by atoms with Crippen molar-refractivity contribution in [2.24, 2.45) is 0 Å². The summed E-state index contributed by atoms with van der Waals surface area (Å²) in [6.07, 6.45) is 7.65. The number of carbonyl (C=O) groups is 1. The molecule has 1 amide bonds. The number of nitrogens with one attached hydrogen (secondary N) is 1. The van der Waals surface area contributed by atoms with Crippen LogP contribution in [0.3, 0.4) is 0 Å². The van der Waals surface area contributed by atoms with E-state index < -0.39 is 0 Å². The molecule has 1 aliphatic carbocycles. The standard InChI is InChI=1S/C12H15ClN4O/c13-8-5-14-12(15-6-8)17-7-11(18)16-9-3-1-2-4-10(9)17/h5-6,9-10H,1-4,7H2,(H,16,18)/t9-,10-/m1/s1. The maximum Gasteiger partial charge on any atom is 0.239 e. The van der Waals surface area contributed by atoms with Gasteiger partial charge in [-0.3, -0.25) is 4.79 Å². The molecule has 1 N–H and O–H groups in total. The summed E-state index contributed by atoms with van der Waals surface area (Å²) in [5.74, 6) is 0.655. The highest BCUT2D eigenvalue weighted by Crippen LogP contribution is 2.28. The second-order valence-corrected chi connectivity index (χ2v) is 5.29. The summed E-state index contributed by atoms with van der Waals surface area (Å²) in [5, 5.41) is 3.58. The number of nitrogens with zero attached hydrogens (tertiary/aromatic N) is 3. The molecule has 0 bridgehead atoms. The average Bonchev–Trinajstić information content (AvgIpc) is 2.38. The van der Waals surface area contributed by atoms with Crippen LogP contribution in [0.25, 0.3) is 0 Å². The molecule has 18 heavy (non-hydrogen) atoms. The number of anilines is 1. The van der Waals surface area contributed by atoms with Crippen LogP contribution >= 0.6 is 11.6 Å². The van der Waals surface area contributed by atoms with Gasteiger partial charge in [-0.2, -0.15) is 0 Å². The Balaban J connectivity index is 1.88. The Kier molecular flexibility index (Phi) is 3.07. The van der Waals surface area contributed by atoms with Gasteiger partial charge in [-0.05, 0) is 12.8 Å². The Morgan fingerprint density at radius 3 is 2.78 bits per heavy atom. The SMILES string of the molecule is O=C1CN(c2ncc(Cl)cn2)[C@@H]2CCCC[C@H]2N1. The largest absolute Gasteiger partial charge is 0.350 e. The molecule has 1 aromatic rings. The van der Waals surface area contributed by atoms with Gasteiger partial charge in [0.25, 0.3) is 0 Å². The summed E-state index contributed by atoms with van der Waals surface area (Å²) < 4.78 is 0. The van der Waals surface area contributed by atoms with Crippen molar-refractivity contribution in [3.63, 3.8) is 0 Å². The average molecular weight is 267 g/mol. The lowest BCUT2D eigenvalue weighted by Crippen LogP contribution is -2.62. The normalized spacial score (nSPS) is 27.6. The highest BCUT2D eigenvalue weighted by molar-refractivity contribution is 6.30. The van der Waals surface area contributed by atoms with E-state index in [0.717, 1.165) is 12.8 Å². The monoisotopic (exact) mass is 266 g/mol. The molecular weight excluding hydrogens is 252 g/mol. The van der Waals surface area contributed by atoms with Crippen LogP contribution in [-0.4, -0.2) is 34.5 Å². The number of carbonyl (C=O) groups excluding carboxylic acids is 1. The first kappa shape index (κ1) is 11.7. The highest BCUT2D eigenvalue weighted by atomic mass is 35.5. The topological polar surface area (TPSA) is 58.1 Å². The van der Waals surface area contributed by atoms with E-state index in [2.05, 4.69) is 15.3 Å². The number of hydrogen-bond acceptors (Lipinski definition) is 4. The molecule has 1 saturated carbocycles. The summed E-state index contributed by atoms with van der Waals surface area (Å²) in [7, 11) is 0. The second kappa shape index (κ2) is 4.72. The Morgan fingerprint density at radius 1 is 1.28 bits per heavy atom. The molecule has 5 nitrogen and oxygen atoms in total. The fraction of sp³-hybridized carbons (Fsp3) is 0.583. The van der Waals surface area contributed by atoms with Gasteiger partial charge in [0.1, 0.15) is 6.54 Å². The number of rotatable bonds is 1. The van der Waals surface area contributed by atoms with Crippen LogP contribution in [0.4, 0.5) is 5.95 Å². The number of halogens is 1. The van der Waals surface area contributed by atoms with Crippen LogP contribution in [0.5, 0.6) is 0 Å². The fourth-order valence-electron chi connectivity index (χ4n) is 2.85. The maximum absolute atomic E-state index is 11.7. The molecule has 0 spiro atoms. The van der Waals surface area contributed by atoms with Gasteiger partial charge in [-0.15, -0.1) is 0 Å². The van der Waals surface area contributed by atoms with Crippen molar-refractivity contribution in [2.45, 2.75) is 37.8 Å². The van der Waals surface area contributed by atoms with Crippen molar-refractivity contribution in [3.8, 4) is 0 Å². The molecule has 3 rings (SSSR count). The number of hydrogen-bond donors (Lipinski definition) is 1. The highest BCUT2D eigenvalue weighted by Gasteiger charge is 2.37. The lowest BCUT2D eigenvalue weighted by Gasteiger charge is -2.43. The molecule has 2 aliphatic rings. The lowest BCUT2D eigenvalue weighted by atomic mass is 9.87. The summed E-state index contributed by atoms with van der Waals surface area (Å²) in [5.41, 5.74) is 0. The van der Waals surface area contributed by atoms with Crippen LogP contribution < -0.4 is 10.2 Å². The van der Waals surface area contributed by atoms with Crippen LogP contribution in [-0.2, 0) is 4.79 Å². The molecule has 0 radical (unpaired) electrons. The first-order valence-corrected chi connectivity index (χ1v) is 6.65. The second-order valence-electron chi connectivity index (χ2n) is 4.85. The summed E-state index contributed by atoms with van der Waals surface area (Å²) in [6.45, 7) is 0.336. The van der Waals surface area contributed by atoms with Crippen LogP contribution in [0.2, 0.25) is 5.02 Å². The molecule has 1 saturated heterocycles. The fourth-order valence-corrected chi connectivity index (χ4v) is 2.95. The number of piperazine rings is 1. The minimum absolute atomic E-state index is 0.0525. The zero-order valence-electron chi connectivity index (χ0n) is 9.97. The van der Waals surface area contributed by atoms with Crippen LogP contribution in [0.1, 0.15) is 25.7 Å². The summed E-state index contributed by atoms with van der Waals surface area (Å²) >= 11 is 5.79. The van der Waals surface area contributed by atoms with Crippen molar-refractivity contribution in [1.29, 1.82) is 0 Å². The first-order valence-electron chi connectivity index (χ1n) is 6.27.